The summed E-state index contributed by atoms with van der Waals surface area (Å²) in [5.74, 6) is 0.266. The van der Waals surface area contributed by atoms with Gasteiger partial charge in [0, 0.05) is 12.8 Å². The number of aliphatic hydroxyl groups excluding tert-OH is 1. The van der Waals surface area contributed by atoms with Gasteiger partial charge in [0.05, 0.1) is 19.6 Å². The second-order valence-electron chi connectivity index (χ2n) is 6.42. The Balaban J connectivity index is 2.13. The highest BCUT2D eigenvalue weighted by molar-refractivity contribution is 5.76. The molecule has 0 saturated carbocycles. The molecule has 1 rings (SSSR count). The summed E-state index contributed by atoms with van der Waals surface area (Å²) < 4.78 is 0.944. The summed E-state index contributed by atoms with van der Waals surface area (Å²) in [5.41, 5.74) is 0. The molecule has 0 radical (unpaired) electrons. The fraction of sp³-hybridized carbons (Fsp3) is 0.875. The first kappa shape index (κ1) is 18.1. The van der Waals surface area contributed by atoms with E-state index in [4.69, 9.17) is 0 Å². The van der Waals surface area contributed by atoms with Crippen molar-refractivity contribution in [2.24, 2.45) is 0 Å². The third-order valence-electron chi connectivity index (χ3n) is 4.27. The molecule has 0 aromatic heterocycles. The average Bonchev–Trinajstić information content (AvgIpc) is 2.39. The molecule has 2 N–H and O–H groups in total. The van der Waals surface area contributed by atoms with Gasteiger partial charge >= 0.3 is 0 Å². The molecule has 0 bridgehead atoms. The second kappa shape index (κ2) is 9.15. The molecular formula is C16H31N2O3+. The number of hydrogen-bond acceptors (Lipinski definition) is 3. The molecule has 1 amide bonds. The van der Waals surface area contributed by atoms with Gasteiger partial charge < -0.3 is 19.7 Å². The van der Waals surface area contributed by atoms with Gasteiger partial charge in [0.2, 0.25) is 5.91 Å². The highest BCUT2D eigenvalue weighted by Crippen LogP contribution is 2.21. The van der Waals surface area contributed by atoms with Crippen molar-refractivity contribution in [2.45, 2.75) is 58.5 Å². The molecule has 1 aliphatic heterocycles. The van der Waals surface area contributed by atoms with Crippen LogP contribution in [0.25, 0.3) is 0 Å². The van der Waals surface area contributed by atoms with Gasteiger partial charge in [0.1, 0.15) is 18.9 Å². The van der Waals surface area contributed by atoms with Crippen LogP contribution in [0.1, 0.15) is 52.4 Å². The van der Waals surface area contributed by atoms with Crippen LogP contribution in [0.2, 0.25) is 0 Å². The van der Waals surface area contributed by atoms with Gasteiger partial charge in [-0.05, 0) is 26.2 Å². The molecule has 1 saturated heterocycles. The summed E-state index contributed by atoms with van der Waals surface area (Å²) in [6.07, 6.45) is 4.83. The quantitative estimate of drug-likeness (QED) is 0.446. The zero-order chi connectivity index (χ0) is 15.7. The van der Waals surface area contributed by atoms with E-state index in [9.17, 15) is 14.7 Å². The van der Waals surface area contributed by atoms with Crippen molar-refractivity contribution in [2.75, 3.05) is 32.7 Å². The molecule has 21 heavy (non-hydrogen) atoms. The van der Waals surface area contributed by atoms with E-state index in [1.54, 1.807) is 6.92 Å². The first-order valence-electron chi connectivity index (χ1n) is 8.27. The average molecular weight is 299 g/mol. The van der Waals surface area contributed by atoms with E-state index in [0.717, 1.165) is 43.5 Å². The standard InChI is InChI=1S/C16H30N2O3/c1-3-4-10-18(12-15(20)13-18)11-9-17-16(21)8-6-5-7-14(2)19/h15,20H,3-13H2,1-2H3/p+1. The van der Waals surface area contributed by atoms with Gasteiger partial charge in [0.25, 0.3) is 0 Å². The van der Waals surface area contributed by atoms with Crippen molar-refractivity contribution in [3.05, 3.63) is 0 Å². The molecule has 5 nitrogen and oxygen atoms in total. The van der Waals surface area contributed by atoms with Crippen molar-refractivity contribution in [3.8, 4) is 0 Å². The number of hydrogen-bond donors (Lipinski definition) is 2. The monoisotopic (exact) mass is 299 g/mol. The van der Waals surface area contributed by atoms with Gasteiger partial charge in [-0.25, -0.2) is 0 Å². The highest BCUT2D eigenvalue weighted by Gasteiger charge is 2.41. The molecule has 1 fully saturated rings. The van der Waals surface area contributed by atoms with E-state index in [2.05, 4.69) is 12.2 Å². The Morgan fingerprint density at radius 3 is 2.38 bits per heavy atom. The van der Waals surface area contributed by atoms with Crippen LogP contribution in [0, 0.1) is 0 Å². The molecule has 0 atom stereocenters. The summed E-state index contributed by atoms with van der Waals surface area (Å²) in [5, 5.41) is 12.5. The van der Waals surface area contributed by atoms with Gasteiger partial charge in [-0.2, -0.15) is 0 Å². The molecule has 0 aliphatic carbocycles. The number of nitrogens with one attached hydrogen (secondary N) is 1. The van der Waals surface area contributed by atoms with E-state index in [1.807, 2.05) is 0 Å². The van der Waals surface area contributed by atoms with Crippen molar-refractivity contribution >= 4 is 11.7 Å². The molecular weight excluding hydrogens is 268 g/mol. The fourth-order valence-electron chi connectivity index (χ4n) is 2.99. The largest absolute Gasteiger partial charge is 0.382 e. The molecule has 0 unspecified atom stereocenters. The van der Waals surface area contributed by atoms with Crippen LogP contribution in [0.5, 0.6) is 0 Å². The van der Waals surface area contributed by atoms with Crippen LogP contribution < -0.4 is 5.32 Å². The number of carbonyl (C=O) groups is 2. The number of ketones is 1. The zero-order valence-corrected chi connectivity index (χ0v) is 13.6. The lowest BCUT2D eigenvalue weighted by Gasteiger charge is -2.48. The number of aliphatic hydroxyl groups is 1. The van der Waals surface area contributed by atoms with Crippen LogP contribution in [-0.2, 0) is 9.59 Å². The number of carbonyl (C=O) groups excluding carboxylic acids is 2. The number of likely N-dealkylation sites (tertiary alicyclic amines) is 1. The SMILES string of the molecule is CCCC[N+]1(CCNC(=O)CCCCC(C)=O)CC(O)C1. The predicted octanol–water partition coefficient (Wildman–Crippen LogP) is 1.24. The minimum absolute atomic E-state index is 0.0771. The smallest absolute Gasteiger partial charge is 0.220 e. The third-order valence-corrected chi connectivity index (χ3v) is 4.27. The maximum Gasteiger partial charge on any atom is 0.220 e. The first-order chi connectivity index (χ1) is 9.97. The number of quaternary nitrogens is 1. The topological polar surface area (TPSA) is 66.4 Å². The Morgan fingerprint density at radius 1 is 1.14 bits per heavy atom. The lowest BCUT2D eigenvalue weighted by molar-refractivity contribution is -0.971. The number of nitrogens with zero attached hydrogens (tertiary/aromatic N) is 1. The summed E-state index contributed by atoms with van der Waals surface area (Å²) >= 11 is 0. The van der Waals surface area contributed by atoms with E-state index >= 15 is 0 Å². The van der Waals surface area contributed by atoms with Gasteiger partial charge in [-0.3, -0.25) is 4.79 Å². The highest BCUT2D eigenvalue weighted by atomic mass is 16.3. The molecule has 0 aromatic carbocycles. The van der Waals surface area contributed by atoms with Crippen molar-refractivity contribution in [1.82, 2.24) is 5.32 Å². The maximum atomic E-state index is 11.7. The molecule has 1 heterocycles. The Hall–Kier alpha value is -0.940. The minimum Gasteiger partial charge on any atom is -0.382 e. The van der Waals surface area contributed by atoms with Crippen LogP contribution >= 0.6 is 0 Å². The van der Waals surface area contributed by atoms with E-state index < -0.39 is 0 Å². The Labute approximate surface area is 128 Å². The fourth-order valence-corrected chi connectivity index (χ4v) is 2.99. The Bertz CT molecular complexity index is 338. The van der Waals surface area contributed by atoms with E-state index in [0.29, 0.717) is 19.4 Å². The van der Waals surface area contributed by atoms with Crippen LogP contribution in [0.4, 0.5) is 0 Å². The number of rotatable bonds is 11. The third kappa shape index (κ3) is 7.05. The summed E-state index contributed by atoms with van der Waals surface area (Å²) in [6, 6.07) is 0. The molecule has 0 spiro atoms. The minimum atomic E-state index is -0.163. The van der Waals surface area contributed by atoms with Crippen molar-refractivity contribution < 1.29 is 19.2 Å². The zero-order valence-electron chi connectivity index (χ0n) is 13.6. The predicted molar refractivity (Wildman–Crippen MR) is 82.8 cm³/mol. The number of unbranched alkanes of at least 4 members (excludes halogenated alkanes) is 2. The molecule has 1 aliphatic rings. The van der Waals surface area contributed by atoms with E-state index in [1.165, 1.54) is 12.8 Å². The van der Waals surface area contributed by atoms with Crippen LogP contribution in [-0.4, -0.2) is 60.1 Å². The summed E-state index contributed by atoms with van der Waals surface area (Å²) in [6.45, 7) is 8.11. The first-order valence-corrected chi connectivity index (χ1v) is 8.27. The van der Waals surface area contributed by atoms with Gasteiger partial charge in [0.15, 0.2) is 6.10 Å². The Kier molecular flexibility index (Phi) is 7.89. The summed E-state index contributed by atoms with van der Waals surface area (Å²) in [7, 11) is 0. The van der Waals surface area contributed by atoms with Crippen molar-refractivity contribution in [3.63, 3.8) is 0 Å². The lowest BCUT2D eigenvalue weighted by atomic mass is 10.1. The summed E-state index contributed by atoms with van der Waals surface area (Å²) in [4.78, 5) is 22.5. The van der Waals surface area contributed by atoms with Crippen molar-refractivity contribution in [1.29, 1.82) is 0 Å². The van der Waals surface area contributed by atoms with Crippen LogP contribution in [0.15, 0.2) is 0 Å². The van der Waals surface area contributed by atoms with Gasteiger partial charge in [-0.1, -0.05) is 13.3 Å². The number of amides is 1. The second-order valence-corrected chi connectivity index (χ2v) is 6.42. The molecule has 0 aromatic rings. The maximum absolute atomic E-state index is 11.7. The van der Waals surface area contributed by atoms with Crippen LogP contribution in [0.3, 0.4) is 0 Å². The normalized spacial score (nSPS) is 24.4. The molecule has 5 heteroatoms. The molecule has 122 valence electrons. The van der Waals surface area contributed by atoms with E-state index in [-0.39, 0.29) is 17.8 Å². The lowest BCUT2D eigenvalue weighted by Crippen LogP contribution is -2.68. The number of Topliss-reactive ketones (excluding diaryl/α,β-unsaturated/α-hetero) is 1. The van der Waals surface area contributed by atoms with Gasteiger partial charge in [-0.15, -0.1) is 0 Å². The Morgan fingerprint density at radius 2 is 1.81 bits per heavy atom.